The molecule has 1 fully saturated rings. The molecular weight excluding hydrogens is 228 g/mol. The molecule has 1 atom stereocenters. The van der Waals surface area contributed by atoms with Crippen molar-refractivity contribution in [2.24, 2.45) is 5.73 Å². The van der Waals surface area contributed by atoms with Crippen LogP contribution in [0.3, 0.4) is 0 Å². The van der Waals surface area contributed by atoms with Crippen LogP contribution in [0.25, 0.3) is 0 Å². The Hall–Kier alpha value is -0.750. The predicted octanol–water partition coefficient (Wildman–Crippen LogP) is 0.190. The molecule has 1 aliphatic rings. The van der Waals surface area contributed by atoms with Crippen molar-refractivity contribution in [1.82, 2.24) is 5.32 Å². The molecule has 0 bridgehead atoms. The molecule has 1 saturated carbocycles. The normalized spacial score (nSPS) is 19.6. The summed E-state index contributed by atoms with van der Waals surface area (Å²) < 4.78 is 0.151. The van der Waals surface area contributed by atoms with Crippen LogP contribution in [-0.2, 0) is 9.59 Å². The smallest absolute Gasteiger partial charge is 0.305 e. The van der Waals surface area contributed by atoms with E-state index in [0.717, 1.165) is 12.8 Å². The minimum Gasteiger partial charge on any atom is -0.481 e. The Morgan fingerprint density at radius 2 is 2.19 bits per heavy atom. The summed E-state index contributed by atoms with van der Waals surface area (Å²) in [6.45, 7) is 0.584. The van der Waals surface area contributed by atoms with E-state index >= 15 is 0 Å². The quantitative estimate of drug-likeness (QED) is 0.622. The summed E-state index contributed by atoms with van der Waals surface area (Å²) in [6.07, 6.45) is 5.10. The summed E-state index contributed by atoms with van der Waals surface area (Å²) in [4.78, 5) is 21.8. The number of carboxylic acid groups (broad SMARTS) is 1. The number of carbonyl (C=O) groups excluding carboxylic acids is 1. The van der Waals surface area contributed by atoms with Gasteiger partial charge in [-0.15, -0.1) is 0 Å². The van der Waals surface area contributed by atoms with Crippen LogP contribution in [0, 0.1) is 0 Å². The van der Waals surface area contributed by atoms with Crippen LogP contribution in [0.2, 0.25) is 0 Å². The van der Waals surface area contributed by atoms with Gasteiger partial charge in [-0.1, -0.05) is 6.42 Å². The molecule has 4 N–H and O–H groups in total. The Morgan fingerprint density at radius 3 is 2.56 bits per heavy atom. The minimum absolute atomic E-state index is 0.151. The molecule has 1 aliphatic carbocycles. The fourth-order valence-electron chi connectivity index (χ4n) is 1.68. The maximum Gasteiger partial charge on any atom is 0.305 e. The molecule has 0 aromatic rings. The predicted molar refractivity (Wildman–Crippen MR) is 63.3 cm³/mol. The van der Waals surface area contributed by atoms with Gasteiger partial charge in [-0.3, -0.25) is 9.59 Å². The molecule has 0 radical (unpaired) electrons. The van der Waals surface area contributed by atoms with Crippen molar-refractivity contribution in [3.63, 3.8) is 0 Å². The third-order valence-corrected chi connectivity index (χ3v) is 4.43. The number of aliphatic carboxylic acids is 1. The van der Waals surface area contributed by atoms with E-state index in [4.69, 9.17) is 10.8 Å². The lowest BCUT2D eigenvalue weighted by molar-refractivity contribution is -0.139. The molecule has 16 heavy (non-hydrogen) atoms. The van der Waals surface area contributed by atoms with Crippen LogP contribution >= 0.6 is 11.8 Å². The fraction of sp³-hybridized carbons (Fsp3) is 0.800. The van der Waals surface area contributed by atoms with Crippen LogP contribution in [-0.4, -0.2) is 40.6 Å². The van der Waals surface area contributed by atoms with E-state index in [1.54, 1.807) is 11.8 Å². The van der Waals surface area contributed by atoms with Gasteiger partial charge in [-0.25, -0.2) is 0 Å². The molecule has 1 amide bonds. The Balaban J connectivity index is 2.31. The van der Waals surface area contributed by atoms with Crippen LogP contribution in [0.4, 0.5) is 0 Å². The number of thioether (sulfide) groups is 1. The van der Waals surface area contributed by atoms with Crippen molar-refractivity contribution in [3.05, 3.63) is 0 Å². The van der Waals surface area contributed by atoms with Crippen molar-refractivity contribution in [2.75, 3.05) is 12.8 Å². The highest BCUT2D eigenvalue weighted by atomic mass is 32.2. The SMILES string of the molecule is CSC1(CNC(=O)C(N)CC(=O)O)CCC1. The van der Waals surface area contributed by atoms with Gasteiger partial charge in [0.1, 0.15) is 0 Å². The van der Waals surface area contributed by atoms with Gasteiger partial charge < -0.3 is 16.2 Å². The zero-order chi connectivity index (χ0) is 12.2. The van der Waals surface area contributed by atoms with E-state index < -0.39 is 12.0 Å². The largest absolute Gasteiger partial charge is 0.481 e. The molecule has 0 aromatic carbocycles. The lowest BCUT2D eigenvalue weighted by atomic mass is 9.84. The number of carboxylic acids is 1. The fourth-order valence-corrected chi connectivity index (χ4v) is 2.60. The van der Waals surface area contributed by atoms with E-state index in [-0.39, 0.29) is 17.1 Å². The zero-order valence-electron chi connectivity index (χ0n) is 9.36. The second-order valence-corrected chi connectivity index (χ2v) is 5.44. The van der Waals surface area contributed by atoms with Gasteiger partial charge in [0.05, 0.1) is 12.5 Å². The molecular formula is C10H18N2O3S. The van der Waals surface area contributed by atoms with Crippen molar-refractivity contribution in [3.8, 4) is 0 Å². The average molecular weight is 246 g/mol. The first-order valence-electron chi connectivity index (χ1n) is 5.29. The summed E-state index contributed by atoms with van der Waals surface area (Å²) in [6, 6.07) is -0.948. The van der Waals surface area contributed by atoms with Crippen LogP contribution < -0.4 is 11.1 Å². The molecule has 0 saturated heterocycles. The van der Waals surface area contributed by atoms with E-state index in [0.29, 0.717) is 6.54 Å². The van der Waals surface area contributed by atoms with Gasteiger partial charge in [0, 0.05) is 11.3 Å². The third-order valence-electron chi connectivity index (χ3n) is 3.01. The van der Waals surface area contributed by atoms with Crippen molar-refractivity contribution in [2.45, 2.75) is 36.5 Å². The zero-order valence-corrected chi connectivity index (χ0v) is 10.2. The number of hydrogen-bond donors (Lipinski definition) is 3. The van der Waals surface area contributed by atoms with Crippen molar-refractivity contribution in [1.29, 1.82) is 0 Å². The van der Waals surface area contributed by atoms with E-state index in [1.165, 1.54) is 6.42 Å². The number of amides is 1. The summed E-state index contributed by atoms with van der Waals surface area (Å²) in [5.74, 6) is -1.42. The maximum atomic E-state index is 11.5. The molecule has 6 heteroatoms. The first-order valence-corrected chi connectivity index (χ1v) is 6.52. The second-order valence-electron chi connectivity index (χ2n) is 4.16. The molecule has 1 unspecified atom stereocenters. The van der Waals surface area contributed by atoms with E-state index in [9.17, 15) is 9.59 Å². The van der Waals surface area contributed by atoms with Crippen LogP contribution in [0.5, 0.6) is 0 Å². The highest BCUT2D eigenvalue weighted by Crippen LogP contribution is 2.42. The molecule has 0 aromatic heterocycles. The number of carbonyl (C=O) groups is 2. The van der Waals surface area contributed by atoms with Gasteiger partial charge >= 0.3 is 5.97 Å². The van der Waals surface area contributed by atoms with Crippen LogP contribution in [0.15, 0.2) is 0 Å². The van der Waals surface area contributed by atoms with Gasteiger partial charge in [0.15, 0.2) is 0 Å². The number of nitrogens with two attached hydrogens (primary N) is 1. The van der Waals surface area contributed by atoms with Gasteiger partial charge in [-0.05, 0) is 19.1 Å². The van der Waals surface area contributed by atoms with Crippen molar-refractivity contribution >= 4 is 23.6 Å². The summed E-state index contributed by atoms with van der Waals surface area (Å²) in [7, 11) is 0. The van der Waals surface area contributed by atoms with Gasteiger partial charge in [0.25, 0.3) is 0 Å². The molecule has 1 rings (SSSR count). The Kier molecular flexibility index (Phi) is 4.61. The van der Waals surface area contributed by atoms with Gasteiger partial charge in [0.2, 0.25) is 5.91 Å². The van der Waals surface area contributed by atoms with Crippen LogP contribution in [0.1, 0.15) is 25.7 Å². The lowest BCUT2D eigenvalue weighted by Crippen LogP contribution is -2.50. The summed E-state index contributed by atoms with van der Waals surface area (Å²) in [5, 5.41) is 11.2. The van der Waals surface area contributed by atoms with E-state index in [2.05, 4.69) is 5.32 Å². The summed E-state index contributed by atoms with van der Waals surface area (Å²) in [5.41, 5.74) is 5.45. The second kappa shape index (κ2) is 5.54. The average Bonchev–Trinajstić information content (AvgIpc) is 2.15. The third kappa shape index (κ3) is 3.38. The molecule has 0 aliphatic heterocycles. The minimum atomic E-state index is -1.05. The number of nitrogens with one attached hydrogen (secondary N) is 1. The highest BCUT2D eigenvalue weighted by molar-refractivity contribution is 8.00. The van der Waals surface area contributed by atoms with E-state index in [1.807, 2.05) is 6.26 Å². The summed E-state index contributed by atoms with van der Waals surface area (Å²) >= 11 is 1.75. The molecule has 92 valence electrons. The van der Waals surface area contributed by atoms with Gasteiger partial charge in [-0.2, -0.15) is 11.8 Å². The first kappa shape index (κ1) is 13.3. The highest BCUT2D eigenvalue weighted by Gasteiger charge is 2.36. The molecule has 5 nitrogen and oxygen atoms in total. The standard InChI is InChI=1S/C10H18N2O3S/c1-16-10(3-2-4-10)6-12-9(15)7(11)5-8(13)14/h7H,2-6,11H2,1H3,(H,12,15)(H,13,14). The Bertz CT molecular complexity index is 274. The molecule has 0 heterocycles. The lowest BCUT2D eigenvalue weighted by Gasteiger charge is -2.40. The maximum absolute atomic E-state index is 11.5. The molecule has 0 spiro atoms. The topological polar surface area (TPSA) is 92.4 Å². The monoisotopic (exact) mass is 246 g/mol. The first-order chi connectivity index (χ1) is 7.49. The van der Waals surface area contributed by atoms with Crippen molar-refractivity contribution < 1.29 is 14.7 Å². The number of hydrogen-bond acceptors (Lipinski definition) is 4. The Morgan fingerprint density at radius 1 is 1.56 bits per heavy atom. The number of rotatable bonds is 6. The Labute approximate surface area is 99.1 Å².